The largest absolute Gasteiger partial charge is 0.325 e. The quantitative estimate of drug-likeness (QED) is 0.0930. The van der Waals surface area contributed by atoms with Gasteiger partial charge in [-0.1, -0.05) is 255 Å². The lowest BCUT2D eigenvalue weighted by Gasteiger charge is -2.42. The minimum Gasteiger partial charge on any atom is -0.325 e. The van der Waals surface area contributed by atoms with Crippen molar-refractivity contribution in [3.63, 3.8) is 0 Å². The van der Waals surface area contributed by atoms with Crippen LogP contribution in [-0.4, -0.2) is 16.2 Å². The van der Waals surface area contributed by atoms with E-state index in [1.807, 2.05) is 6.07 Å². The van der Waals surface area contributed by atoms with Crippen LogP contribution in [0.5, 0.6) is 0 Å². The molecule has 2 heterocycles. The molecule has 1 unspecified atom stereocenters. The predicted molar refractivity (Wildman–Crippen MR) is 363 cm³/mol. The van der Waals surface area contributed by atoms with E-state index in [4.69, 9.17) is 4.99 Å². The van der Waals surface area contributed by atoms with Crippen LogP contribution in [0, 0.1) is 5.41 Å². The predicted octanol–water partition coefficient (Wildman–Crippen LogP) is 20.6. The van der Waals surface area contributed by atoms with Gasteiger partial charge in [0.25, 0.3) is 0 Å². The molecule has 87 heavy (non-hydrogen) atoms. The number of amidine groups is 2. The van der Waals surface area contributed by atoms with Gasteiger partial charge in [-0.15, -0.1) is 0 Å². The highest BCUT2D eigenvalue weighted by Gasteiger charge is 2.45. The second-order valence-corrected chi connectivity index (χ2v) is 22.7. The van der Waals surface area contributed by atoms with Crippen molar-refractivity contribution in [3.8, 4) is 72.4 Å². The number of rotatable bonds is 12. The van der Waals surface area contributed by atoms with Gasteiger partial charge in [-0.3, -0.25) is 10.4 Å². The molecule has 0 spiro atoms. The molecule has 0 saturated carbocycles. The fourth-order valence-electron chi connectivity index (χ4n) is 13.3. The minimum atomic E-state index is -0.746. The highest BCUT2D eigenvalue weighted by Crippen LogP contribution is 2.54. The second kappa shape index (κ2) is 22.4. The molecule has 4 nitrogen and oxygen atoms in total. The minimum absolute atomic E-state index is 0.240. The lowest BCUT2D eigenvalue weighted by Crippen LogP contribution is -2.36. The lowest BCUT2D eigenvalue weighted by molar-refractivity contribution is 0.727. The maximum Gasteiger partial charge on any atom is 0.134 e. The zero-order valence-corrected chi connectivity index (χ0v) is 48.1. The monoisotopic (exact) mass is 1110 g/mol. The Balaban J connectivity index is 0.899. The van der Waals surface area contributed by atoms with E-state index in [2.05, 4.69) is 338 Å². The normalized spacial score (nSPS) is 12.8. The van der Waals surface area contributed by atoms with Crippen molar-refractivity contribution in [3.05, 3.63) is 367 Å². The molecule has 0 bridgehead atoms. The molecule has 0 radical (unpaired) electrons. The van der Waals surface area contributed by atoms with Crippen LogP contribution in [0.4, 0.5) is 0 Å². The van der Waals surface area contributed by atoms with Gasteiger partial charge in [0, 0.05) is 21.9 Å². The summed E-state index contributed by atoms with van der Waals surface area (Å²) in [6, 6.07) is 117. The van der Waals surface area contributed by atoms with Crippen LogP contribution in [-0.2, 0) is 5.41 Å². The van der Waals surface area contributed by atoms with E-state index >= 15 is 0 Å². The highest BCUT2D eigenvalue weighted by molar-refractivity contribution is 6.15. The Bertz CT molecular complexity index is 4740. The SMILES string of the molecule is CC(N=C(NC(=N)c1cccc(-c2cc(-c3ccccc3)cc(-c3ccccc3)c2)c1)c1ccc2c(c1)C(c1ccccc1)(c1ccccc1)c1cccc3c4ccccc4n-2c13)c1cccc(-c2cc(-c3ccccc3)cc(-c3ccccc3)c2)c1. The van der Waals surface area contributed by atoms with Gasteiger partial charge in [-0.25, -0.2) is 0 Å². The second-order valence-electron chi connectivity index (χ2n) is 22.7. The van der Waals surface area contributed by atoms with Crippen molar-refractivity contribution in [2.24, 2.45) is 4.99 Å². The summed E-state index contributed by atoms with van der Waals surface area (Å²) in [4.78, 5) is 5.74. The number of hydrogen-bond donors (Lipinski definition) is 2. The molecule has 4 heteroatoms. The van der Waals surface area contributed by atoms with Gasteiger partial charge < -0.3 is 9.88 Å². The number of benzene rings is 13. The van der Waals surface area contributed by atoms with Crippen LogP contribution >= 0.6 is 0 Å². The number of nitrogens with zero attached hydrogens (tertiary/aromatic N) is 2. The van der Waals surface area contributed by atoms with E-state index in [-0.39, 0.29) is 11.9 Å². The molecule has 1 aliphatic heterocycles. The first-order valence-electron chi connectivity index (χ1n) is 29.9. The van der Waals surface area contributed by atoms with Gasteiger partial charge in [-0.2, -0.15) is 0 Å². The third-order valence-electron chi connectivity index (χ3n) is 17.5. The van der Waals surface area contributed by atoms with Gasteiger partial charge in [-0.05, 0) is 174 Å². The van der Waals surface area contributed by atoms with E-state index in [1.165, 1.54) is 44.1 Å². The molecule has 15 rings (SSSR count). The summed E-state index contributed by atoms with van der Waals surface area (Å²) in [6.45, 7) is 2.17. The van der Waals surface area contributed by atoms with Crippen molar-refractivity contribution in [1.29, 1.82) is 5.41 Å². The summed E-state index contributed by atoms with van der Waals surface area (Å²) < 4.78 is 2.47. The van der Waals surface area contributed by atoms with Gasteiger partial charge in [0.2, 0.25) is 0 Å². The number of fused-ring (bicyclic) bond motifs is 5. The molecule has 13 aromatic carbocycles. The Morgan fingerprint density at radius 3 is 1.31 bits per heavy atom. The topological polar surface area (TPSA) is 53.2 Å². The summed E-state index contributed by atoms with van der Waals surface area (Å²) in [7, 11) is 0. The standard InChI is InChI=1S/C83H60N4/c1-56(61-33-22-34-62(47-61)70-51-66(57-25-8-2-9-26-57)49-67(52-70)58-27-10-3-11-28-58)85-82(86-81(84)64-36-23-35-63(48-64)71-53-68(59-29-12-4-13-30-59)50-69(54-71)60-31-14-5-15-32-60)65-45-46-79-77(55-65)83(72-37-16-6-17-38-72,73-39-18-7-19-40-73)76-43-24-42-75-74-41-20-21-44-78(74)87(79)80(75)76/h2-56H,1H3,(H2,84,85,86). The summed E-state index contributed by atoms with van der Waals surface area (Å²) >= 11 is 0. The molecule has 0 fully saturated rings. The smallest absolute Gasteiger partial charge is 0.134 e. The molecule has 2 N–H and O–H groups in total. The number of nitrogens with one attached hydrogen (secondary N) is 2. The Morgan fingerprint density at radius 1 is 0.356 bits per heavy atom. The van der Waals surface area contributed by atoms with Gasteiger partial charge in [0.15, 0.2) is 0 Å². The van der Waals surface area contributed by atoms with Crippen LogP contribution < -0.4 is 5.32 Å². The Hall–Kier alpha value is -11.2. The van der Waals surface area contributed by atoms with Crippen LogP contribution in [0.1, 0.15) is 51.9 Å². The third kappa shape index (κ3) is 9.64. The molecule has 1 aromatic heterocycles. The summed E-state index contributed by atoms with van der Waals surface area (Å²) in [5.41, 5.74) is 23.5. The fraction of sp³-hybridized carbons (Fsp3) is 0.0361. The zero-order valence-electron chi connectivity index (χ0n) is 48.1. The Labute approximate surface area is 508 Å². The van der Waals surface area contributed by atoms with Crippen molar-refractivity contribution in [2.75, 3.05) is 0 Å². The van der Waals surface area contributed by atoms with Crippen LogP contribution in [0.3, 0.4) is 0 Å². The van der Waals surface area contributed by atoms with E-state index in [9.17, 15) is 5.41 Å². The molecule has 412 valence electrons. The fourth-order valence-corrected chi connectivity index (χ4v) is 13.3. The first kappa shape index (κ1) is 52.6. The summed E-state index contributed by atoms with van der Waals surface area (Å²) in [5.74, 6) is 0.834. The Kier molecular flexibility index (Phi) is 13.6. The van der Waals surface area contributed by atoms with Gasteiger partial charge >= 0.3 is 0 Å². The van der Waals surface area contributed by atoms with Crippen molar-refractivity contribution in [2.45, 2.75) is 18.4 Å². The first-order valence-corrected chi connectivity index (χ1v) is 29.9. The molecule has 1 aliphatic rings. The number of aliphatic imine (C=N–C) groups is 1. The molecular weight excluding hydrogens is 1050 g/mol. The van der Waals surface area contributed by atoms with E-state index in [1.54, 1.807) is 0 Å². The molecule has 0 aliphatic carbocycles. The van der Waals surface area contributed by atoms with Crippen molar-refractivity contribution < 1.29 is 0 Å². The van der Waals surface area contributed by atoms with Crippen molar-refractivity contribution in [1.82, 2.24) is 9.88 Å². The van der Waals surface area contributed by atoms with Gasteiger partial charge in [0.05, 0.1) is 28.2 Å². The molecular formula is C83H60N4. The third-order valence-corrected chi connectivity index (χ3v) is 17.5. The number of aromatic nitrogens is 1. The summed E-state index contributed by atoms with van der Waals surface area (Å²) in [5, 5.41) is 16.3. The zero-order chi connectivity index (χ0) is 58.3. The average Bonchev–Trinajstić information content (AvgIpc) is 1.68. The van der Waals surface area contributed by atoms with E-state index < -0.39 is 5.41 Å². The first-order chi connectivity index (χ1) is 42.9. The van der Waals surface area contributed by atoms with Crippen LogP contribution in [0.15, 0.2) is 333 Å². The highest BCUT2D eigenvalue weighted by atomic mass is 15.0. The molecule has 14 aromatic rings. The summed E-state index contributed by atoms with van der Waals surface area (Å²) in [6.07, 6.45) is 0. The molecule has 0 saturated heterocycles. The van der Waals surface area contributed by atoms with Crippen molar-refractivity contribution >= 4 is 33.5 Å². The van der Waals surface area contributed by atoms with E-state index in [0.717, 1.165) is 89.1 Å². The Morgan fingerprint density at radius 2 is 0.782 bits per heavy atom. The maximum atomic E-state index is 10.2. The van der Waals surface area contributed by atoms with Crippen LogP contribution in [0.2, 0.25) is 0 Å². The number of hydrogen-bond acceptors (Lipinski definition) is 2. The molecule has 1 atom stereocenters. The van der Waals surface area contributed by atoms with E-state index in [0.29, 0.717) is 5.84 Å². The average molecular weight is 1110 g/mol. The lowest BCUT2D eigenvalue weighted by atomic mass is 9.63. The maximum absolute atomic E-state index is 10.2. The molecule has 0 amide bonds. The van der Waals surface area contributed by atoms with Gasteiger partial charge in [0.1, 0.15) is 11.7 Å². The van der Waals surface area contributed by atoms with Crippen LogP contribution in [0.25, 0.3) is 94.3 Å². The number of para-hydroxylation sites is 2.